The molecule has 0 saturated heterocycles. The lowest BCUT2D eigenvalue weighted by atomic mass is 10.3. The van der Waals surface area contributed by atoms with E-state index in [0.717, 1.165) is 13.0 Å². The molecule has 0 aliphatic heterocycles. The molecule has 0 aromatic carbocycles. The molecule has 0 bridgehead atoms. The monoisotopic (exact) mass is 192 g/mol. The Morgan fingerprint density at radius 3 is 2.58 bits per heavy atom. The molecule has 0 fully saturated rings. The lowest BCUT2D eigenvalue weighted by molar-refractivity contribution is -0.120. The van der Waals surface area contributed by atoms with Crippen LogP contribution in [0.2, 0.25) is 0 Å². The quantitative estimate of drug-likeness (QED) is 0.514. The second-order valence-corrected chi connectivity index (χ2v) is 3.72. The number of carbonyl (C=O) groups is 1. The van der Waals surface area contributed by atoms with Gasteiger partial charge in [-0.1, -0.05) is 0 Å². The average Bonchev–Trinajstić information content (AvgIpc) is 1.97. The molecule has 0 heterocycles. The summed E-state index contributed by atoms with van der Waals surface area (Å²) in [5.74, 6) is -0.0876. The van der Waals surface area contributed by atoms with Gasteiger partial charge in [0.15, 0.2) is 0 Å². The van der Waals surface area contributed by atoms with Crippen molar-refractivity contribution in [3.05, 3.63) is 0 Å². The molecule has 12 heavy (non-hydrogen) atoms. The van der Waals surface area contributed by atoms with Crippen molar-refractivity contribution in [2.24, 2.45) is 0 Å². The molecule has 0 aromatic heterocycles. The van der Waals surface area contributed by atoms with Crippen LogP contribution < -0.4 is 5.32 Å². The summed E-state index contributed by atoms with van der Waals surface area (Å²) in [4.78, 5) is 13.0. The average molecular weight is 193 g/mol. The number of hydrogen-bond donors (Lipinski definition) is 1. The topological polar surface area (TPSA) is 32.3 Å². The van der Waals surface area contributed by atoms with E-state index in [9.17, 15) is 4.79 Å². The molecule has 1 N–H and O–H groups in total. The summed E-state index contributed by atoms with van der Waals surface area (Å²) < 4.78 is 0. The molecule has 0 aromatic rings. The fourth-order valence-corrected chi connectivity index (χ4v) is 0.825. The van der Waals surface area contributed by atoms with Crippen LogP contribution in [-0.2, 0) is 4.79 Å². The fraction of sp³-hybridized carbons (Fsp3) is 0.875. The highest BCUT2D eigenvalue weighted by atomic mass is 35.5. The summed E-state index contributed by atoms with van der Waals surface area (Å²) in [6, 6.07) is 0. The van der Waals surface area contributed by atoms with Crippen molar-refractivity contribution < 1.29 is 4.79 Å². The van der Waals surface area contributed by atoms with Crippen LogP contribution in [0.1, 0.15) is 13.3 Å². The van der Waals surface area contributed by atoms with Gasteiger partial charge in [-0.25, -0.2) is 0 Å². The van der Waals surface area contributed by atoms with Crippen LogP contribution in [0, 0.1) is 0 Å². The minimum atomic E-state index is -0.427. The molecule has 4 heteroatoms. The molecule has 72 valence electrons. The van der Waals surface area contributed by atoms with Gasteiger partial charge in [-0.3, -0.25) is 4.79 Å². The zero-order valence-corrected chi connectivity index (χ0v) is 8.69. The fourth-order valence-electron chi connectivity index (χ4n) is 0.748. The largest absolute Gasteiger partial charge is 0.355 e. The van der Waals surface area contributed by atoms with Crippen molar-refractivity contribution in [3.8, 4) is 0 Å². The van der Waals surface area contributed by atoms with Crippen LogP contribution in [-0.4, -0.2) is 43.4 Å². The second kappa shape index (κ2) is 6.26. The SMILES string of the molecule is C[C@@H](Cl)C(=O)NCCCN(C)C. The Bertz CT molecular complexity index is 137. The molecule has 0 aliphatic carbocycles. The Morgan fingerprint density at radius 2 is 2.17 bits per heavy atom. The van der Waals surface area contributed by atoms with Gasteiger partial charge in [-0.2, -0.15) is 0 Å². The van der Waals surface area contributed by atoms with E-state index < -0.39 is 5.38 Å². The van der Waals surface area contributed by atoms with Gasteiger partial charge in [0.2, 0.25) is 5.91 Å². The predicted molar refractivity (Wildman–Crippen MR) is 51.5 cm³/mol. The first-order valence-electron chi connectivity index (χ1n) is 4.10. The standard InChI is InChI=1S/C8H17ClN2O/c1-7(9)8(12)10-5-4-6-11(2)3/h7H,4-6H2,1-3H3,(H,10,12)/t7-/m1/s1. The third kappa shape index (κ3) is 6.43. The number of carbonyl (C=O) groups excluding carboxylic acids is 1. The molecule has 0 rings (SSSR count). The summed E-state index contributed by atoms with van der Waals surface area (Å²) >= 11 is 5.55. The summed E-state index contributed by atoms with van der Waals surface area (Å²) in [5, 5.41) is 2.31. The van der Waals surface area contributed by atoms with Gasteiger partial charge in [0.1, 0.15) is 5.38 Å². The predicted octanol–water partition coefficient (Wildman–Crippen LogP) is 0.682. The Hall–Kier alpha value is -0.280. The first-order valence-corrected chi connectivity index (χ1v) is 4.54. The summed E-state index contributed by atoms with van der Waals surface area (Å²) in [7, 11) is 4.01. The number of halogens is 1. The van der Waals surface area contributed by atoms with Crippen LogP contribution >= 0.6 is 11.6 Å². The van der Waals surface area contributed by atoms with Crippen LogP contribution in [0.15, 0.2) is 0 Å². The van der Waals surface area contributed by atoms with Crippen molar-refractivity contribution in [1.29, 1.82) is 0 Å². The van der Waals surface area contributed by atoms with Gasteiger partial charge in [0.05, 0.1) is 0 Å². The van der Waals surface area contributed by atoms with Crippen molar-refractivity contribution in [1.82, 2.24) is 10.2 Å². The van der Waals surface area contributed by atoms with Crippen LogP contribution in [0.4, 0.5) is 0 Å². The molecular formula is C8H17ClN2O. The first-order chi connectivity index (χ1) is 5.54. The lowest BCUT2D eigenvalue weighted by Gasteiger charge is -2.10. The van der Waals surface area contributed by atoms with Gasteiger partial charge < -0.3 is 10.2 Å². The number of amides is 1. The van der Waals surface area contributed by atoms with Crippen LogP contribution in [0.3, 0.4) is 0 Å². The highest BCUT2D eigenvalue weighted by Gasteiger charge is 2.06. The number of rotatable bonds is 5. The van der Waals surface area contributed by atoms with E-state index in [1.54, 1.807) is 6.92 Å². The molecule has 1 amide bonds. The highest BCUT2D eigenvalue weighted by molar-refractivity contribution is 6.30. The maximum atomic E-state index is 10.9. The molecule has 0 spiro atoms. The molecule has 1 atom stereocenters. The number of nitrogens with zero attached hydrogens (tertiary/aromatic N) is 1. The first kappa shape index (κ1) is 11.7. The smallest absolute Gasteiger partial charge is 0.237 e. The van der Waals surface area contributed by atoms with Crippen molar-refractivity contribution in [2.75, 3.05) is 27.2 Å². The van der Waals surface area contributed by atoms with Gasteiger partial charge >= 0.3 is 0 Å². The summed E-state index contributed by atoms with van der Waals surface area (Å²) in [6.07, 6.45) is 0.961. The molecule has 0 saturated carbocycles. The lowest BCUT2D eigenvalue weighted by Crippen LogP contribution is -2.31. The van der Waals surface area contributed by atoms with Gasteiger partial charge in [-0.05, 0) is 34.0 Å². The van der Waals surface area contributed by atoms with Crippen LogP contribution in [0.5, 0.6) is 0 Å². The van der Waals surface area contributed by atoms with Crippen molar-refractivity contribution in [3.63, 3.8) is 0 Å². The number of alkyl halides is 1. The Morgan fingerprint density at radius 1 is 1.58 bits per heavy atom. The highest BCUT2D eigenvalue weighted by Crippen LogP contribution is 1.92. The second-order valence-electron chi connectivity index (χ2n) is 3.06. The Kier molecular flexibility index (Phi) is 6.11. The zero-order chi connectivity index (χ0) is 9.56. The minimum Gasteiger partial charge on any atom is -0.355 e. The van der Waals surface area contributed by atoms with Crippen LogP contribution in [0.25, 0.3) is 0 Å². The summed E-state index contributed by atoms with van der Waals surface area (Å²) in [5.41, 5.74) is 0. The number of nitrogens with one attached hydrogen (secondary N) is 1. The van der Waals surface area contributed by atoms with Gasteiger partial charge in [0.25, 0.3) is 0 Å². The normalized spacial score (nSPS) is 13.1. The van der Waals surface area contributed by atoms with E-state index in [0.29, 0.717) is 6.54 Å². The number of hydrogen-bond acceptors (Lipinski definition) is 2. The van der Waals surface area contributed by atoms with Gasteiger partial charge in [0, 0.05) is 6.54 Å². The van der Waals surface area contributed by atoms with Crippen molar-refractivity contribution >= 4 is 17.5 Å². The maximum absolute atomic E-state index is 10.9. The van der Waals surface area contributed by atoms with E-state index in [4.69, 9.17) is 11.6 Å². The molecule has 0 radical (unpaired) electrons. The third-order valence-electron chi connectivity index (χ3n) is 1.44. The minimum absolute atomic E-state index is 0.0876. The van der Waals surface area contributed by atoms with E-state index >= 15 is 0 Å². The van der Waals surface area contributed by atoms with Gasteiger partial charge in [-0.15, -0.1) is 11.6 Å². The maximum Gasteiger partial charge on any atom is 0.237 e. The van der Waals surface area contributed by atoms with E-state index in [-0.39, 0.29) is 5.91 Å². The third-order valence-corrected chi connectivity index (χ3v) is 1.64. The Balaban J connectivity index is 3.26. The van der Waals surface area contributed by atoms with E-state index in [1.165, 1.54) is 0 Å². The molecular weight excluding hydrogens is 176 g/mol. The molecule has 0 aliphatic rings. The Labute approximate surface area is 79.1 Å². The van der Waals surface area contributed by atoms with E-state index in [2.05, 4.69) is 10.2 Å². The van der Waals surface area contributed by atoms with E-state index in [1.807, 2.05) is 14.1 Å². The molecule has 3 nitrogen and oxygen atoms in total. The summed E-state index contributed by atoms with van der Waals surface area (Å²) in [6.45, 7) is 3.36. The van der Waals surface area contributed by atoms with Crippen molar-refractivity contribution in [2.45, 2.75) is 18.7 Å². The molecule has 0 unspecified atom stereocenters. The zero-order valence-electron chi connectivity index (χ0n) is 7.93.